The molecule has 0 aliphatic rings. The topological polar surface area (TPSA) is 105 Å². The Hall–Kier alpha value is -3.00. The van der Waals surface area contributed by atoms with Crippen LogP contribution in [0.25, 0.3) is 0 Å². The van der Waals surface area contributed by atoms with E-state index in [1.54, 1.807) is 25.3 Å². The largest absolute Gasteiger partial charge is 0.462 e. The van der Waals surface area contributed by atoms with Crippen LogP contribution in [0.1, 0.15) is 40.5 Å². The second-order valence-electron chi connectivity index (χ2n) is 5.61. The molecule has 0 spiro atoms. The van der Waals surface area contributed by atoms with Crippen molar-refractivity contribution in [1.82, 2.24) is 0 Å². The molecule has 0 unspecified atom stereocenters. The van der Waals surface area contributed by atoms with Gasteiger partial charge in [-0.3, -0.25) is 4.79 Å². The minimum absolute atomic E-state index is 0.00763. The van der Waals surface area contributed by atoms with Crippen LogP contribution >= 0.6 is 0 Å². The van der Waals surface area contributed by atoms with Gasteiger partial charge in [-0.25, -0.2) is 14.4 Å². The third-order valence-corrected chi connectivity index (χ3v) is 3.39. The van der Waals surface area contributed by atoms with E-state index in [0.717, 1.165) is 12.2 Å². The zero-order valence-corrected chi connectivity index (χ0v) is 16.0. The van der Waals surface area contributed by atoms with E-state index in [0.29, 0.717) is 13.0 Å². The molecule has 1 rings (SSSR count). The summed E-state index contributed by atoms with van der Waals surface area (Å²) >= 11 is 0. The number of hydrogen-bond donors (Lipinski definition) is 0. The number of ketones is 1. The summed E-state index contributed by atoms with van der Waals surface area (Å²) in [7, 11) is 1.55. The highest BCUT2D eigenvalue weighted by atomic mass is 16.5. The molecule has 0 atom stereocenters. The predicted octanol–water partition coefficient (Wildman–Crippen LogP) is 2.12. The Morgan fingerprint density at radius 1 is 0.786 bits per heavy atom. The molecule has 1 aromatic rings. The van der Waals surface area contributed by atoms with Crippen LogP contribution in [0.3, 0.4) is 0 Å². The quantitative estimate of drug-likeness (QED) is 0.175. The van der Waals surface area contributed by atoms with Crippen molar-refractivity contribution in [3.8, 4) is 0 Å². The van der Waals surface area contributed by atoms with E-state index in [2.05, 4.69) is 0 Å². The number of hydrogen-bond acceptors (Lipinski definition) is 8. The summed E-state index contributed by atoms with van der Waals surface area (Å²) < 4.78 is 19.6. The molecule has 1 aromatic carbocycles. The first kappa shape index (κ1) is 23.0. The molecule has 0 bridgehead atoms. The van der Waals surface area contributed by atoms with Gasteiger partial charge < -0.3 is 18.9 Å². The van der Waals surface area contributed by atoms with Crippen molar-refractivity contribution in [3.63, 3.8) is 0 Å². The van der Waals surface area contributed by atoms with Crippen molar-refractivity contribution >= 4 is 23.7 Å². The predicted molar refractivity (Wildman–Crippen MR) is 98.9 cm³/mol. The number of ether oxygens (including phenoxy) is 4. The molecule has 0 heterocycles. The van der Waals surface area contributed by atoms with Crippen LogP contribution in [0, 0.1) is 0 Å². The van der Waals surface area contributed by atoms with Crippen LogP contribution in [0.5, 0.6) is 0 Å². The van der Waals surface area contributed by atoms with Crippen LogP contribution in [-0.2, 0) is 28.5 Å². The smallest absolute Gasteiger partial charge is 0.338 e. The van der Waals surface area contributed by atoms with E-state index in [9.17, 15) is 19.2 Å². The normalized spacial score (nSPS) is 10.5. The first-order chi connectivity index (χ1) is 13.5. The molecule has 0 amide bonds. The number of carbonyl (C=O) groups is 4. The van der Waals surface area contributed by atoms with Gasteiger partial charge in [-0.1, -0.05) is 18.2 Å². The lowest BCUT2D eigenvalue weighted by molar-refractivity contribution is -0.140. The Bertz CT molecular complexity index is 708. The van der Waals surface area contributed by atoms with E-state index < -0.39 is 17.9 Å². The molecule has 8 nitrogen and oxygen atoms in total. The Labute approximate surface area is 163 Å². The van der Waals surface area contributed by atoms with E-state index in [1.165, 1.54) is 13.0 Å². The summed E-state index contributed by atoms with van der Waals surface area (Å²) in [4.78, 5) is 46.3. The summed E-state index contributed by atoms with van der Waals surface area (Å²) in [6, 6.07) is 6.36. The summed E-state index contributed by atoms with van der Waals surface area (Å²) in [6.07, 6.45) is 2.78. The van der Waals surface area contributed by atoms with Crippen molar-refractivity contribution in [2.24, 2.45) is 0 Å². The maximum absolute atomic E-state index is 12.0. The molecule has 8 heteroatoms. The highest BCUT2D eigenvalue weighted by Crippen LogP contribution is 2.11. The number of carbonyl (C=O) groups excluding carboxylic acids is 4. The van der Waals surface area contributed by atoms with E-state index in [-0.39, 0.29) is 43.2 Å². The van der Waals surface area contributed by atoms with Gasteiger partial charge in [0.05, 0.1) is 25.4 Å². The summed E-state index contributed by atoms with van der Waals surface area (Å²) in [6.45, 7) is 2.07. The summed E-state index contributed by atoms with van der Waals surface area (Å²) in [5, 5.41) is 0. The fraction of sp³-hybridized carbons (Fsp3) is 0.400. The van der Waals surface area contributed by atoms with Gasteiger partial charge in [0.15, 0.2) is 5.78 Å². The average molecular weight is 392 g/mol. The Kier molecular flexibility index (Phi) is 10.9. The van der Waals surface area contributed by atoms with Gasteiger partial charge in [0.2, 0.25) is 0 Å². The van der Waals surface area contributed by atoms with Crippen molar-refractivity contribution in [2.75, 3.05) is 33.5 Å². The molecule has 0 saturated heterocycles. The van der Waals surface area contributed by atoms with Crippen LogP contribution in [0.15, 0.2) is 36.4 Å². The maximum atomic E-state index is 12.0. The van der Waals surface area contributed by atoms with Crippen LogP contribution in [0.4, 0.5) is 0 Å². The monoisotopic (exact) mass is 392 g/mol. The fourth-order valence-corrected chi connectivity index (χ4v) is 2.05. The van der Waals surface area contributed by atoms with Crippen LogP contribution in [-0.4, -0.2) is 57.2 Å². The Balaban J connectivity index is 2.24. The van der Waals surface area contributed by atoms with Crippen molar-refractivity contribution in [3.05, 3.63) is 47.5 Å². The molecule has 152 valence electrons. The lowest BCUT2D eigenvalue weighted by Gasteiger charge is -2.07. The third kappa shape index (κ3) is 9.09. The van der Waals surface area contributed by atoms with Gasteiger partial charge in [0.25, 0.3) is 0 Å². The molecule has 0 N–H and O–H groups in total. The molecule has 0 aliphatic carbocycles. The number of Topliss-reactive ketones (excluding diaryl/α,β-unsaturated/α-hetero) is 1. The minimum atomic E-state index is -0.706. The Morgan fingerprint density at radius 3 is 1.82 bits per heavy atom. The second kappa shape index (κ2) is 13.2. The standard InChI is InChI=1S/C20H24O8/c1-15(21)16-7-3-4-8-17(16)20(24)28-14-6-13-27-19(23)10-9-18(22)26-12-5-11-25-2/h3-4,7-10H,5-6,11-14H2,1-2H3/b10-9+. The fourth-order valence-electron chi connectivity index (χ4n) is 2.05. The zero-order chi connectivity index (χ0) is 20.8. The first-order valence-electron chi connectivity index (χ1n) is 8.73. The second-order valence-corrected chi connectivity index (χ2v) is 5.61. The van der Waals surface area contributed by atoms with Crippen molar-refractivity contribution in [1.29, 1.82) is 0 Å². The van der Waals surface area contributed by atoms with Gasteiger partial charge in [0.1, 0.15) is 0 Å². The Morgan fingerprint density at radius 2 is 1.29 bits per heavy atom. The number of benzene rings is 1. The minimum Gasteiger partial charge on any atom is -0.462 e. The average Bonchev–Trinajstić information content (AvgIpc) is 2.69. The lowest BCUT2D eigenvalue weighted by atomic mass is 10.0. The molecular formula is C20H24O8. The molecule has 0 fully saturated rings. The van der Waals surface area contributed by atoms with E-state index >= 15 is 0 Å². The molecule has 0 radical (unpaired) electrons. The molecule has 28 heavy (non-hydrogen) atoms. The van der Waals surface area contributed by atoms with Gasteiger partial charge in [-0.2, -0.15) is 0 Å². The van der Waals surface area contributed by atoms with E-state index in [1.807, 2.05) is 0 Å². The van der Waals surface area contributed by atoms with E-state index in [4.69, 9.17) is 18.9 Å². The van der Waals surface area contributed by atoms with Gasteiger partial charge in [-0.05, 0) is 13.0 Å². The van der Waals surface area contributed by atoms with Crippen LogP contribution in [0.2, 0.25) is 0 Å². The highest BCUT2D eigenvalue weighted by molar-refractivity contribution is 6.05. The van der Waals surface area contributed by atoms with Crippen molar-refractivity contribution < 1.29 is 38.1 Å². The number of rotatable bonds is 12. The van der Waals surface area contributed by atoms with Crippen molar-refractivity contribution in [2.45, 2.75) is 19.8 Å². The van der Waals surface area contributed by atoms with Gasteiger partial charge in [0, 0.05) is 44.3 Å². The highest BCUT2D eigenvalue weighted by Gasteiger charge is 2.14. The van der Waals surface area contributed by atoms with Gasteiger partial charge in [-0.15, -0.1) is 0 Å². The molecular weight excluding hydrogens is 368 g/mol. The molecule has 0 aliphatic heterocycles. The third-order valence-electron chi connectivity index (χ3n) is 3.39. The summed E-state index contributed by atoms with van der Waals surface area (Å²) in [5.74, 6) is -2.20. The molecule has 0 saturated carbocycles. The zero-order valence-electron chi connectivity index (χ0n) is 16.0. The summed E-state index contributed by atoms with van der Waals surface area (Å²) in [5.41, 5.74) is 0.483. The lowest BCUT2D eigenvalue weighted by Crippen LogP contribution is -2.13. The van der Waals surface area contributed by atoms with Gasteiger partial charge >= 0.3 is 17.9 Å². The molecule has 0 aromatic heterocycles. The maximum Gasteiger partial charge on any atom is 0.338 e. The first-order valence-corrected chi connectivity index (χ1v) is 8.73. The number of methoxy groups -OCH3 is 1. The SMILES string of the molecule is COCCCOC(=O)/C=C/C(=O)OCCCOC(=O)c1ccccc1C(C)=O. The number of esters is 3. The van der Waals surface area contributed by atoms with Crippen LogP contribution < -0.4 is 0 Å².